The number of amidine groups is 1. The van der Waals surface area contributed by atoms with Crippen molar-refractivity contribution in [2.45, 2.75) is 88.5 Å². The number of carbonyl (C=O) groups excluding carboxylic acids is 3. The van der Waals surface area contributed by atoms with Crippen LogP contribution in [0.4, 0.5) is 0 Å². The maximum Gasteiger partial charge on any atom is 0.323 e. The van der Waals surface area contributed by atoms with Gasteiger partial charge in [-0.25, -0.2) is 10.4 Å². The third-order valence-electron chi connectivity index (χ3n) is 6.45. The molecule has 4 aliphatic rings. The smallest absolute Gasteiger partial charge is 0.323 e. The van der Waals surface area contributed by atoms with Gasteiger partial charge in [-0.1, -0.05) is 0 Å². The topological polar surface area (TPSA) is 243 Å². The molecule has 0 aromatic carbocycles. The van der Waals surface area contributed by atoms with Gasteiger partial charge >= 0.3 is 11.9 Å². The normalized spacial score (nSPS) is 31.9. The molecule has 0 aromatic heterocycles. The van der Waals surface area contributed by atoms with Gasteiger partial charge in [0, 0.05) is 6.54 Å². The Kier molecular flexibility index (Phi) is 9.51. The molecule has 17 heteroatoms. The van der Waals surface area contributed by atoms with Crippen LogP contribution in [-0.2, 0) is 33.3 Å². The Balaban J connectivity index is 1.61. The number of fused-ring (bicyclic) bond motifs is 1. The minimum Gasteiger partial charge on any atom is -0.493 e. The quantitative estimate of drug-likeness (QED) is 0.108. The third-order valence-corrected chi connectivity index (χ3v) is 6.45. The maximum atomic E-state index is 13.0. The first-order valence-electron chi connectivity index (χ1n) is 13.3. The van der Waals surface area contributed by atoms with E-state index in [9.17, 15) is 14.4 Å². The summed E-state index contributed by atoms with van der Waals surface area (Å²) >= 11 is 0. The Morgan fingerprint density at radius 2 is 1.93 bits per heavy atom. The highest BCUT2D eigenvalue weighted by Crippen LogP contribution is 2.34. The van der Waals surface area contributed by atoms with Crippen molar-refractivity contribution in [3.63, 3.8) is 0 Å². The fourth-order valence-electron chi connectivity index (χ4n) is 4.38. The van der Waals surface area contributed by atoms with E-state index in [0.717, 1.165) is 12.8 Å². The molecular formula is C24H36N10O7. The lowest BCUT2D eigenvalue weighted by atomic mass is 10.1. The standard InChI is InChI=1S/C24H36N10O7/c1-4-28-20(35)16-15(40-22(36)11(2)25)17(41-23(37)12(3)26)21(39-16)34-10-29-14-18(27)31-24(32-19(14)34)33-30-9-13-7-5-6-8-38-13/h6,8-17,19,21H,4-5,7,25-26H2,1-3H3,(H,28,35)(H3,27,31,32,33)/b30-9+/t11-,12-,13+,14?,15+,16-,17+,19?,21+/m0/s1. The highest BCUT2D eigenvalue weighted by atomic mass is 16.6. The lowest BCUT2D eigenvalue weighted by Crippen LogP contribution is -2.54. The molecule has 0 aromatic rings. The molecule has 1 fully saturated rings. The van der Waals surface area contributed by atoms with Crippen molar-refractivity contribution in [2.75, 3.05) is 6.54 Å². The van der Waals surface area contributed by atoms with Crippen LogP contribution in [0.2, 0.25) is 0 Å². The SMILES string of the molecule is CCNC(=O)[C@H]1O[C@@H](N2C=NC3C(N)=NC(N/N=C/[C@H]4CCC=CO4)=NC32)[C@H](OC(=O)[C@H](C)N)[C@@H]1OC(=O)[C@H](C)N. The second-order valence-electron chi connectivity index (χ2n) is 9.80. The Bertz CT molecular complexity index is 1150. The molecule has 0 bridgehead atoms. The van der Waals surface area contributed by atoms with Crippen LogP contribution in [0, 0.1) is 0 Å². The van der Waals surface area contributed by atoms with Gasteiger partial charge in [0.05, 0.1) is 18.8 Å². The van der Waals surface area contributed by atoms with Crippen LogP contribution in [0.25, 0.3) is 0 Å². The average Bonchev–Trinajstić information content (AvgIpc) is 3.51. The number of carbonyl (C=O) groups is 3. The maximum absolute atomic E-state index is 13.0. The number of rotatable bonds is 9. The fraction of sp³-hybridized carbons (Fsp3) is 0.625. The summed E-state index contributed by atoms with van der Waals surface area (Å²) in [6, 6.07) is -2.75. The van der Waals surface area contributed by atoms with Crippen LogP contribution in [-0.4, -0.2) is 109 Å². The van der Waals surface area contributed by atoms with E-state index in [0.29, 0.717) is 0 Å². The van der Waals surface area contributed by atoms with Crippen molar-refractivity contribution in [1.29, 1.82) is 0 Å². The van der Waals surface area contributed by atoms with Crippen LogP contribution in [0.15, 0.2) is 32.4 Å². The van der Waals surface area contributed by atoms with Gasteiger partial charge < -0.3 is 46.4 Å². The number of nitrogens with two attached hydrogens (primary N) is 3. The van der Waals surface area contributed by atoms with Gasteiger partial charge in [0.1, 0.15) is 30.1 Å². The molecule has 41 heavy (non-hydrogen) atoms. The van der Waals surface area contributed by atoms with Crippen molar-refractivity contribution in [3.8, 4) is 0 Å². The zero-order chi connectivity index (χ0) is 29.7. The van der Waals surface area contributed by atoms with Gasteiger partial charge in [-0.15, -0.1) is 0 Å². The van der Waals surface area contributed by atoms with Gasteiger partial charge in [-0.05, 0) is 39.7 Å². The van der Waals surface area contributed by atoms with E-state index < -0.39 is 66.7 Å². The van der Waals surface area contributed by atoms with E-state index in [1.54, 1.807) is 19.4 Å². The van der Waals surface area contributed by atoms with Crippen LogP contribution in [0.5, 0.6) is 0 Å². The summed E-state index contributed by atoms with van der Waals surface area (Å²) in [4.78, 5) is 52.8. The first kappa shape index (κ1) is 29.9. The molecule has 17 nitrogen and oxygen atoms in total. The van der Waals surface area contributed by atoms with E-state index in [1.165, 1.54) is 25.1 Å². The summed E-state index contributed by atoms with van der Waals surface area (Å²) in [5.41, 5.74) is 20.4. The van der Waals surface area contributed by atoms with E-state index in [2.05, 4.69) is 30.8 Å². The first-order chi connectivity index (χ1) is 19.6. The lowest BCUT2D eigenvalue weighted by molar-refractivity contribution is -0.170. The van der Waals surface area contributed by atoms with Crippen LogP contribution in [0.1, 0.15) is 33.6 Å². The molecule has 2 unspecified atom stereocenters. The number of nitrogens with one attached hydrogen (secondary N) is 2. The number of hydrogen-bond donors (Lipinski definition) is 5. The molecule has 0 radical (unpaired) electrons. The Labute approximate surface area is 236 Å². The zero-order valence-electron chi connectivity index (χ0n) is 23.0. The first-order valence-corrected chi connectivity index (χ1v) is 13.3. The molecule has 0 saturated carbocycles. The number of aliphatic imine (C=N–C) groups is 3. The van der Waals surface area contributed by atoms with Crippen LogP contribution in [0.3, 0.4) is 0 Å². The van der Waals surface area contributed by atoms with E-state index in [-0.39, 0.29) is 24.4 Å². The Hall–Kier alpha value is -4.09. The Morgan fingerprint density at radius 1 is 1.22 bits per heavy atom. The Morgan fingerprint density at radius 3 is 2.56 bits per heavy atom. The highest BCUT2D eigenvalue weighted by molar-refractivity contribution is 6.02. The second-order valence-corrected chi connectivity index (χ2v) is 9.80. The highest BCUT2D eigenvalue weighted by Gasteiger charge is 2.57. The van der Waals surface area contributed by atoms with E-state index in [4.69, 9.17) is 36.1 Å². The molecule has 4 heterocycles. The summed E-state index contributed by atoms with van der Waals surface area (Å²) in [5, 5.41) is 6.79. The van der Waals surface area contributed by atoms with Crippen molar-refractivity contribution < 1.29 is 33.3 Å². The van der Waals surface area contributed by atoms with Crippen LogP contribution >= 0.6 is 0 Å². The number of likely N-dealkylation sites (N-methyl/N-ethyl adjacent to an activating group) is 1. The summed E-state index contributed by atoms with van der Waals surface area (Å²) in [6.45, 7) is 4.84. The number of allylic oxidation sites excluding steroid dienone is 1. The van der Waals surface area contributed by atoms with Gasteiger partial charge in [0.25, 0.3) is 5.91 Å². The molecule has 0 aliphatic carbocycles. The number of esters is 2. The number of amides is 1. The zero-order valence-corrected chi connectivity index (χ0v) is 23.0. The molecule has 4 aliphatic heterocycles. The fourth-order valence-corrected chi connectivity index (χ4v) is 4.38. The monoisotopic (exact) mass is 576 g/mol. The van der Waals surface area contributed by atoms with E-state index in [1.807, 2.05) is 6.08 Å². The summed E-state index contributed by atoms with van der Waals surface area (Å²) < 4.78 is 22.8. The number of hydrogen-bond acceptors (Lipinski definition) is 16. The molecular weight excluding hydrogens is 540 g/mol. The molecule has 224 valence electrons. The molecule has 9 atom stereocenters. The van der Waals surface area contributed by atoms with E-state index >= 15 is 0 Å². The molecule has 4 rings (SSSR count). The number of guanidine groups is 1. The summed E-state index contributed by atoms with van der Waals surface area (Å²) in [6.07, 6.45) is 1.94. The van der Waals surface area contributed by atoms with Gasteiger partial charge in [-0.3, -0.25) is 19.4 Å². The summed E-state index contributed by atoms with van der Waals surface area (Å²) in [7, 11) is 0. The lowest BCUT2D eigenvalue weighted by Gasteiger charge is -2.34. The summed E-state index contributed by atoms with van der Waals surface area (Å²) in [5.74, 6) is -1.99. The number of ether oxygens (including phenoxy) is 4. The van der Waals surface area contributed by atoms with Crippen molar-refractivity contribution in [3.05, 3.63) is 12.3 Å². The molecule has 1 saturated heterocycles. The number of nitrogens with zero attached hydrogens (tertiary/aromatic N) is 5. The minimum absolute atomic E-state index is 0.0872. The largest absolute Gasteiger partial charge is 0.493 e. The molecule has 1 amide bonds. The molecule has 8 N–H and O–H groups in total. The predicted molar refractivity (Wildman–Crippen MR) is 146 cm³/mol. The third kappa shape index (κ3) is 6.80. The molecule has 0 spiro atoms. The average molecular weight is 577 g/mol. The number of hydrazone groups is 1. The van der Waals surface area contributed by atoms with Crippen molar-refractivity contribution in [1.82, 2.24) is 15.6 Å². The second kappa shape index (κ2) is 13.0. The minimum atomic E-state index is -1.36. The van der Waals surface area contributed by atoms with Crippen LogP contribution < -0.4 is 27.9 Å². The van der Waals surface area contributed by atoms with Gasteiger partial charge in [0.2, 0.25) is 5.96 Å². The van der Waals surface area contributed by atoms with Gasteiger partial charge in [-0.2, -0.15) is 10.1 Å². The van der Waals surface area contributed by atoms with Gasteiger partial charge in [0.15, 0.2) is 30.7 Å². The predicted octanol–water partition coefficient (Wildman–Crippen LogP) is -2.60. The van der Waals surface area contributed by atoms with Crippen molar-refractivity contribution in [2.24, 2.45) is 37.3 Å². The van der Waals surface area contributed by atoms with Crippen molar-refractivity contribution >= 4 is 42.2 Å².